The van der Waals surface area contributed by atoms with E-state index in [0.717, 1.165) is 38.3 Å². The summed E-state index contributed by atoms with van der Waals surface area (Å²) in [6, 6.07) is 8.38. The molecule has 2 aromatic rings. The smallest absolute Gasteiger partial charge is 0.119 e. The van der Waals surface area contributed by atoms with E-state index in [1.54, 1.807) is 11.3 Å². The highest BCUT2D eigenvalue weighted by molar-refractivity contribution is 7.09. The van der Waals surface area contributed by atoms with Gasteiger partial charge in [-0.1, -0.05) is 31.9 Å². The number of unbranched alkanes of at least 4 members (excludes halogenated alkanes) is 2. The Bertz CT molecular complexity index is 482. The maximum absolute atomic E-state index is 5.71. The van der Waals surface area contributed by atoms with E-state index in [2.05, 4.69) is 41.5 Å². The summed E-state index contributed by atoms with van der Waals surface area (Å²) in [6.45, 7) is 4.87. The predicted octanol–water partition coefficient (Wildman–Crippen LogP) is 4.04. The summed E-state index contributed by atoms with van der Waals surface area (Å²) in [5.41, 5.74) is 1.29. The summed E-state index contributed by atoms with van der Waals surface area (Å²) in [6.07, 6.45) is 6.46. The molecule has 21 heavy (non-hydrogen) atoms. The minimum atomic E-state index is 0.819. The van der Waals surface area contributed by atoms with Crippen LogP contribution < -0.4 is 10.1 Å². The van der Waals surface area contributed by atoms with Crippen LogP contribution in [-0.2, 0) is 13.0 Å². The van der Waals surface area contributed by atoms with Gasteiger partial charge < -0.3 is 10.1 Å². The van der Waals surface area contributed by atoms with E-state index in [-0.39, 0.29) is 0 Å². The Morgan fingerprint density at radius 3 is 2.76 bits per heavy atom. The quantitative estimate of drug-likeness (QED) is 0.673. The van der Waals surface area contributed by atoms with E-state index in [1.807, 2.05) is 11.6 Å². The van der Waals surface area contributed by atoms with Crippen molar-refractivity contribution in [3.8, 4) is 5.75 Å². The Labute approximate surface area is 131 Å². The molecule has 0 radical (unpaired) electrons. The topological polar surface area (TPSA) is 34.1 Å². The molecule has 0 amide bonds. The van der Waals surface area contributed by atoms with Gasteiger partial charge in [-0.15, -0.1) is 11.3 Å². The third-order valence-corrected chi connectivity index (χ3v) is 4.11. The van der Waals surface area contributed by atoms with Crippen molar-refractivity contribution in [2.45, 2.75) is 39.2 Å². The van der Waals surface area contributed by atoms with Gasteiger partial charge in [0.15, 0.2) is 0 Å². The summed E-state index contributed by atoms with van der Waals surface area (Å²) in [4.78, 5) is 4.28. The van der Waals surface area contributed by atoms with Gasteiger partial charge in [0, 0.05) is 31.1 Å². The average molecular weight is 304 g/mol. The molecule has 1 aromatic heterocycles. The van der Waals surface area contributed by atoms with Crippen molar-refractivity contribution >= 4 is 11.3 Å². The lowest BCUT2D eigenvalue weighted by molar-refractivity contribution is 0.306. The third-order valence-electron chi connectivity index (χ3n) is 3.27. The van der Waals surface area contributed by atoms with Gasteiger partial charge in [0.25, 0.3) is 0 Å². The average Bonchev–Trinajstić information content (AvgIpc) is 3.03. The number of aromatic nitrogens is 1. The van der Waals surface area contributed by atoms with Crippen LogP contribution in [0.15, 0.2) is 35.8 Å². The molecular weight excluding hydrogens is 280 g/mol. The number of hydrogen-bond acceptors (Lipinski definition) is 4. The van der Waals surface area contributed by atoms with Crippen molar-refractivity contribution in [1.29, 1.82) is 0 Å². The van der Waals surface area contributed by atoms with E-state index >= 15 is 0 Å². The lowest BCUT2D eigenvalue weighted by Crippen LogP contribution is -2.16. The highest BCUT2D eigenvalue weighted by Crippen LogP contribution is 2.13. The minimum Gasteiger partial charge on any atom is -0.494 e. The maximum Gasteiger partial charge on any atom is 0.119 e. The monoisotopic (exact) mass is 304 g/mol. The first-order chi connectivity index (χ1) is 10.4. The summed E-state index contributed by atoms with van der Waals surface area (Å²) < 4.78 is 5.71. The molecule has 0 spiro atoms. The Morgan fingerprint density at radius 1 is 1.19 bits per heavy atom. The van der Waals surface area contributed by atoms with Crippen LogP contribution in [0, 0.1) is 0 Å². The number of nitrogens with zero attached hydrogens (tertiary/aromatic N) is 1. The summed E-state index contributed by atoms with van der Waals surface area (Å²) in [5, 5.41) is 6.66. The Kier molecular flexibility index (Phi) is 7.25. The van der Waals surface area contributed by atoms with Gasteiger partial charge in [-0.2, -0.15) is 0 Å². The molecule has 1 N–H and O–H groups in total. The van der Waals surface area contributed by atoms with Gasteiger partial charge >= 0.3 is 0 Å². The standard InChI is InChI=1S/C17H24N2OS/c1-2-3-4-12-20-16-7-5-15(6-8-16)14-18-10-9-17-19-11-13-21-17/h5-8,11,13,18H,2-4,9-10,12,14H2,1H3. The first-order valence-corrected chi connectivity index (χ1v) is 8.57. The number of nitrogens with one attached hydrogen (secondary N) is 1. The molecule has 3 nitrogen and oxygen atoms in total. The minimum absolute atomic E-state index is 0.819. The molecule has 1 heterocycles. The molecule has 1 aromatic carbocycles. The van der Waals surface area contributed by atoms with Gasteiger partial charge in [-0.05, 0) is 24.1 Å². The van der Waals surface area contributed by atoms with Crippen molar-refractivity contribution in [3.05, 3.63) is 46.4 Å². The summed E-state index contributed by atoms with van der Waals surface area (Å²) in [7, 11) is 0. The van der Waals surface area contributed by atoms with Gasteiger partial charge in [-0.25, -0.2) is 4.98 Å². The van der Waals surface area contributed by atoms with Crippen molar-refractivity contribution in [2.75, 3.05) is 13.2 Å². The lowest BCUT2D eigenvalue weighted by Gasteiger charge is -2.07. The molecule has 2 rings (SSSR count). The highest BCUT2D eigenvalue weighted by atomic mass is 32.1. The molecule has 0 saturated carbocycles. The van der Waals surface area contributed by atoms with Crippen LogP contribution in [0.3, 0.4) is 0 Å². The molecule has 0 atom stereocenters. The van der Waals surface area contributed by atoms with E-state index in [1.165, 1.54) is 23.4 Å². The van der Waals surface area contributed by atoms with Gasteiger partial charge in [0.2, 0.25) is 0 Å². The first-order valence-electron chi connectivity index (χ1n) is 7.69. The van der Waals surface area contributed by atoms with Crippen molar-refractivity contribution in [1.82, 2.24) is 10.3 Å². The fraction of sp³-hybridized carbons (Fsp3) is 0.471. The zero-order chi connectivity index (χ0) is 14.8. The van der Waals surface area contributed by atoms with Crippen LogP contribution in [-0.4, -0.2) is 18.1 Å². The van der Waals surface area contributed by atoms with Crippen LogP contribution in [0.25, 0.3) is 0 Å². The second kappa shape index (κ2) is 9.53. The van der Waals surface area contributed by atoms with Gasteiger partial charge in [0.05, 0.1) is 11.6 Å². The maximum atomic E-state index is 5.71. The van der Waals surface area contributed by atoms with Crippen LogP contribution in [0.4, 0.5) is 0 Å². The van der Waals surface area contributed by atoms with Crippen LogP contribution in [0.2, 0.25) is 0 Å². The normalized spacial score (nSPS) is 10.7. The van der Waals surface area contributed by atoms with Gasteiger partial charge in [0.1, 0.15) is 5.75 Å². The number of benzene rings is 1. The Morgan fingerprint density at radius 2 is 2.05 bits per heavy atom. The number of ether oxygens (including phenoxy) is 1. The lowest BCUT2D eigenvalue weighted by atomic mass is 10.2. The third kappa shape index (κ3) is 6.27. The second-order valence-corrected chi connectivity index (χ2v) is 6.03. The zero-order valence-electron chi connectivity index (χ0n) is 12.7. The van der Waals surface area contributed by atoms with E-state index in [9.17, 15) is 0 Å². The van der Waals surface area contributed by atoms with Crippen LogP contribution in [0.5, 0.6) is 5.75 Å². The highest BCUT2D eigenvalue weighted by Gasteiger charge is 1.98. The fourth-order valence-electron chi connectivity index (χ4n) is 2.05. The largest absolute Gasteiger partial charge is 0.494 e. The molecule has 0 aliphatic heterocycles. The van der Waals surface area contributed by atoms with E-state index in [4.69, 9.17) is 4.74 Å². The van der Waals surface area contributed by atoms with Gasteiger partial charge in [-0.3, -0.25) is 0 Å². The van der Waals surface area contributed by atoms with Crippen LogP contribution >= 0.6 is 11.3 Å². The SMILES string of the molecule is CCCCCOc1ccc(CNCCc2nccs2)cc1. The summed E-state index contributed by atoms with van der Waals surface area (Å²) in [5.74, 6) is 0.970. The molecule has 0 aliphatic carbocycles. The molecule has 0 unspecified atom stereocenters. The predicted molar refractivity (Wildman–Crippen MR) is 89.0 cm³/mol. The van der Waals surface area contributed by atoms with Crippen molar-refractivity contribution in [2.24, 2.45) is 0 Å². The fourth-order valence-corrected chi connectivity index (χ4v) is 2.67. The number of rotatable bonds is 10. The molecule has 0 fully saturated rings. The Hall–Kier alpha value is -1.39. The van der Waals surface area contributed by atoms with Crippen molar-refractivity contribution < 1.29 is 4.74 Å². The summed E-state index contributed by atoms with van der Waals surface area (Å²) >= 11 is 1.71. The Balaban J connectivity index is 1.62. The first kappa shape index (κ1) is 16.0. The van der Waals surface area contributed by atoms with E-state index in [0.29, 0.717) is 0 Å². The number of thiazole rings is 1. The molecule has 4 heteroatoms. The molecule has 114 valence electrons. The second-order valence-electron chi connectivity index (χ2n) is 5.05. The zero-order valence-corrected chi connectivity index (χ0v) is 13.5. The molecule has 0 bridgehead atoms. The number of hydrogen-bond donors (Lipinski definition) is 1. The van der Waals surface area contributed by atoms with Crippen LogP contribution in [0.1, 0.15) is 36.8 Å². The molecular formula is C17H24N2OS. The molecule has 0 saturated heterocycles. The molecule has 0 aliphatic rings. The van der Waals surface area contributed by atoms with E-state index < -0.39 is 0 Å². The van der Waals surface area contributed by atoms with Crippen molar-refractivity contribution in [3.63, 3.8) is 0 Å².